The van der Waals surface area contributed by atoms with Gasteiger partial charge in [-0.25, -0.2) is 0 Å². The Hall–Kier alpha value is -1.69. The Morgan fingerprint density at radius 3 is 2.43 bits per heavy atom. The van der Waals surface area contributed by atoms with Crippen molar-refractivity contribution in [2.75, 3.05) is 6.26 Å². The van der Waals surface area contributed by atoms with Gasteiger partial charge in [-0.1, -0.05) is 12.8 Å². The average Bonchev–Trinajstić information content (AvgIpc) is 2.95. The van der Waals surface area contributed by atoms with Crippen LogP contribution in [-0.4, -0.2) is 34.9 Å². The fourth-order valence-electron chi connectivity index (χ4n) is 2.96. The molecule has 1 unspecified atom stereocenters. The Balaban J connectivity index is 1.96. The van der Waals surface area contributed by atoms with E-state index in [0.717, 1.165) is 17.7 Å². The molecule has 1 amide bonds. The van der Waals surface area contributed by atoms with Gasteiger partial charge in [-0.3, -0.25) is 9.59 Å². The van der Waals surface area contributed by atoms with Crippen LogP contribution in [0.5, 0.6) is 5.75 Å². The summed E-state index contributed by atoms with van der Waals surface area (Å²) in [6.07, 6.45) is 4.60. The lowest BCUT2D eigenvalue weighted by molar-refractivity contribution is -0.139. The summed E-state index contributed by atoms with van der Waals surface area (Å²) < 4.78 is 5.67. The van der Waals surface area contributed by atoms with Gasteiger partial charge in [0.1, 0.15) is 5.75 Å². The summed E-state index contributed by atoms with van der Waals surface area (Å²) >= 11 is 1.64. The molecule has 1 aromatic rings. The smallest absolute Gasteiger partial charge is 0.305 e. The first-order valence-electron chi connectivity index (χ1n) is 7.79. The van der Waals surface area contributed by atoms with E-state index in [-0.39, 0.29) is 12.3 Å². The van der Waals surface area contributed by atoms with Crippen LogP contribution >= 0.6 is 11.8 Å². The van der Waals surface area contributed by atoms with Crippen molar-refractivity contribution in [2.24, 2.45) is 0 Å². The van der Waals surface area contributed by atoms with E-state index in [2.05, 4.69) is 5.32 Å². The maximum absolute atomic E-state index is 12.4. The van der Waals surface area contributed by atoms with Crippen molar-refractivity contribution in [3.8, 4) is 5.75 Å². The Morgan fingerprint density at radius 2 is 1.91 bits per heavy atom. The van der Waals surface area contributed by atoms with Gasteiger partial charge < -0.3 is 15.2 Å². The highest BCUT2D eigenvalue weighted by atomic mass is 32.2. The van der Waals surface area contributed by atoms with Crippen molar-refractivity contribution in [1.82, 2.24) is 5.32 Å². The van der Waals surface area contributed by atoms with Gasteiger partial charge in [-0.2, -0.15) is 0 Å². The van der Waals surface area contributed by atoms with Crippen LogP contribution in [0.4, 0.5) is 0 Å². The molecule has 1 aliphatic rings. The normalized spacial score (nSPS) is 17.5. The molecule has 1 fully saturated rings. The molecule has 0 aromatic heterocycles. The number of ether oxygens (including phenoxy) is 1. The fourth-order valence-corrected chi connectivity index (χ4v) is 3.37. The SMILES string of the molecule is CSc1ccc(OC(C)C(=O)NC2(CC(=O)O)CCCC2)cc1. The van der Waals surface area contributed by atoms with Crippen molar-refractivity contribution >= 4 is 23.6 Å². The largest absolute Gasteiger partial charge is 0.481 e. The Bertz CT molecular complexity index is 552. The lowest BCUT2D eigenvalue weighted by Crippen LogP contribution is -2.51. The van der Waals surface area contributed by atoms with Crippen LogP contribution in [0, 0.1) is 0 Å². The van der Waals surface area contributed by atoms with Crippen molar-refractivity contribution in [3.05, 3.63) is 24.3 Å². The van der Waals surface area contributed by atoms with Gasteiger partial charge in [-0.05, 0) is 50.3 Å². The molecule has 0 spiro atoms. The molecule has 0 radical (unpaired) electrons. The summed E-state index contributed by atoms with van der Waals surface area (Å²) in [5.74, 6) is -0.514. The summed E-state index contributed by atoms with van der Waals surface area (Å²) in [7, 11) is 0. The second-order valence-corrected chi connectivity index (χ2v) is 6.86. The Morgan fingerprint density at radius 1 is 1.30 bits per heavy atom. The maximum atomic E-state index is 12.4. The molecule has 0 saturated heterocycles. The lowest BCUT2D eigenvalue weighted by atomic mass is 9.93. The predicted molar refractivity (Wildman–Crippen MR) is 89.9 cm³/mol. The second kappa shape index (κ2) is 7.73. The monoisotopic (exact) mass is 337 g/mol. The molecule has 126 valence electrons. The molecule has 0 bridgehead atoms. The molecule has 1 aromatic carbocycles. The number of carboxylic acids is 1. The summed E-state index contributed by atoms with van der Waals surface area (Å²) in [5, 5.41) is 12.0. The first-order chi connectivity index (χ1) is 10.9. The molecule has 0 aliphatic heterocycles. The minimum atomic E-state index is -0.881. The minimum Gasteiger partial charge on any atom is -0.481 e. The van der Waals surface area contributed by atoms with Crippen molar-refractivity contribution in [1.29, 1.82) is 0 Å². The van der Waals surface area contributed by atoms with E-state index in [4.69, 9.17) is 9.84 Å². The quantitative estimate of drug-likeness (QED) is 0.748. The lowest BCUT2D eigenvalue weighted by Gasteiger charge is -2.30. The molecular weight excluding hydrogens is 314 g/mol. The molecule has 1 atom stereocenters. The average molecular weight is 337 g/mol. The van der Waals surface area contributed by atoms with Gasteiger partial charge in [0.05, 0.1) is 12.0 Å². The highest BCUT2D eigenvalue weighted by molar-refractivity contribution is 7.98. The number of carbonyl (C=O) groups excluding carboxylic acids is 1. The van der Waals surface area contributed by atoms with Crippen LogP contribution in [0.15, 0.2) is 29.2 Å². The van der Waals surface area contributed by atoms with Gasteiger partial charge in [-0.15, -0.1) is 11.8 Å². The van der Waals surface area contributed by atoms with E-state index in [0.29, 0.717) is 18.6 Å². The van der Waals surface area contributed by atoms with Gasteiger partial charge in [0.15, 0.2) is 6.10 Å². The Labute approximate surface area is 140 Å². The number of hydrogen-bond donors (Lipinski definition) is 2. The van der Waals surface area contributed by atoms with E-state index in [1.165, 1.54) is 0 Å². The number of aliphatic carboxylic acids is 1. The number of hydrogen-bond acceptors (Lipinski definition) is 4. The number of carboxylic acid groups (broad SMARTS) is 1. The zero-order valence-electron chi connectivity index (χ0n) is 13.5. The summed E-state index contributed by atoms with van der Waals surface area (Å²) in [6, 6.07) is 7.54. The van der Waals surface area contributed by atoms with E-state index >= 15 is 0 Å². The zero-order valence-corrected chi connectivity index (χ0v) is 14.3. The molecule has 2 rings (SSSR count). The zero-order chi connectivity index (χ0) is 16.9. The Kier molecular flexibility index (Phi) is 5.93. The summed E-state index contributed by atoms with van der Waals surface area (Å²) in [4.78, 5) is 24.6. The van der Waals surface area contributed by atoms with Gasteiger partial charge >= 0.3 is 5.97 Å². The molecular formula is C17H23NO4S. The van der Waals surface area contributed by atoms with Crippen molar-refractivity contribution in [3.63, 3.8) is 0 Å². The van der Waals surface area contributed by atoms with Gasteiger partial charge in [0.25, 0.3) is 5.91 Å². The second-order valence-electron chi connectivity index (χ2n) is 5.98. The van der Waals surface area contributed by atoms with Crippen LogP contribution in [0.2, 0.25) is 0 Å². The fraction of sp³-hybridized carbons (Fsp3) is 0.529. The minimum absolute atomic E-state index is 0.0338. The van der Waals surface area contributed by atoms with Gasteiger partial charge in [0.2, 0.25) is 0 Å². The number of nitrogens with one attached hydrogen (secondary N) is 1. The highest BCUT2D eigenvalue weighted by Gasteiger charge is 2.38. The number of rotatable bonds is 7. The molecule has 6 heteroatoms. The molecule has 1 saturated carbocycles. The van der Waals surface area contributed by atoms with Crippen LogP contribution in [0.3, 0.4) is 0 Å². The van der Waals surface area contributed by atoms with E-state index in [9.17, 15) is 9.59 Å². The van der Waals surface area contributed by atoms with E-state index in [1.54, 1.807) is 18.7 Å². The predicted octanol–water partition coefficient (Wildman–Crippen LogP) is 3.08. The van der Waals surface area contributed by atoms with Crippen LogP contribution < -0.4 is 10.1 Å². The topological polar surface area (TPSA) is 75.6 Å². The number of benzene rings is 1. The molecule has 1 aliphatic carbocycles. The first-order valence-corrected chi connectivity index (χ1v) is 9.01. The van der Waals surface area contributed by atoms with E-state index < -0.39 is 17.6 Å². The molecule has 5 nitrogen and oxygen atoms in total. The third-order valence-electron chi connectivity index (χ3n) is 4.18. The third kappa shape index (κ3) is 4.89. The van der Waals surface area contributed by atoms with E-state index in [1.807, 2.05) is 30.5 Å². The van der Waals surface area contributed by atoms with Crippen molar-refractivity contribution in [2.45, 2.75) is 55.6 Å². The number of amides is 1. The molecule has 0 heterocycles. The first kappa shape index (κ1) is 17.7. The molecule has 2 N–H and O–H groups in total. The standard InChI is InChI=1S/C17H23NO4S/c1-12(22-13-5-7-14(23-2)8-6-13)16(21)18-17(11-15(19)20)9-3-4-10-17/h5-8,12H,3-4,9-11H2,1-2H3,(H,18,21)(H,19,20). The highest BCUT2D eigenvalue weighted by Crippen LogP contribution is 2.32. The van der Waals surface area contributed by atoms with Crippen LogP contribution in [-0.2, 0) is 9.59 Å². The van der Waals surface area contributed by atoms with Crippen LogP contribution in [0.25, 0.3) is 0 Å². The van der Waals surface area contributed by atoms with Gasteiger partial charge in [0, 0.05) is 4.90 Å². The molecule has 23 heavy (non-hydrogen) atoms. The third-order valence-corrected chi connectivity index (χ3v) is 4.92. The number of carbonyl (C=O) groups is 2. The van der Waals surface area contributed by atoms with Crippen molar-refractivity contribution < 1.29 is 19.4 Å². The number of thioether (sulfide) groups is 1. The van der Waals surface area contributed by atoms with Crippen LogP contribution in [0.1, 0.15) is 39.0 Å². The summed E-state index contributed by atoms with van der Waals surface area (Å²) in [6.45, 7) is 1.68. The maximum Gasteiger partial charge on any atom is 0.305 e. The summed E-state index contributed by atoms with van der Waals surface area (Å²) in [5.41, 5.74) is -0.622.